The summed E-state index contributed by atoms with van der Waals surface area (Å²) >= 11 is 9.46. The summed E-state index contributed by atoms with van der Waals surface area (Å²) in [6, 6.07) is 0. The molecule has 0 radical (unpaired) electrons. The Bertz CT molecular complexity index is 719. The molecule has 0 aliphatic rings. The highest BCUT2D eigenvalue weighted by molar-refractivity contribution is 7.88. The molecule has 0 aromatic heterocycles. The number of ether oxygens (including phenoxy) is 3. The molecule has 2 N–H and O–H groups in total. The van der Waals surface area contributed by atoms with Crippen LogP contribution >= 0.6 is 24.4 Å². The van der Waals surface area contributed by atoms with Crippen molar-refractivity contribution in [1.29, 1.82) is 0 Å². The van der Waals surface area contributed by atoms with E-state index in [9.17, 15) is 30.7 Å². The normalized spacial score (nSPS) is 12.1. The standard InChI is InChI=1S/C11H20N2O10S4/c1-6(2)22-10(24)12(26(15,16)17)8(9(14)21-5)13(27(18,19)20)11(25)23-7(3)4/h6-8H,1-5H3,(H,15,16,17)(H,18,19,20). The van der Waals surface area contributed by atoms with E-state index in [4.69, 9.17) is 33.9 Å². The van der Waals surface area contributed by atoms with Crippen LogP contribution in [0.25, 0.3) is 0 Å². The number of esters is 1. The van der Waals surface area contributed by atoms with Crippen molar-refractivity contribution in [1.82, 2.24) is 8.61 Å². The minimum absolute atomic E-state index is 0.294. The number of hydrogen-bond donors (Lipinski definition) is 2. The predicted octanol–water partition coefficient (Wildman–Crippen LogP) is 0.115. The molecule has 0 rings (SSSR count). The zero-order chi connectivity index (χ0) is 21.7. The van der Waals surface area contributed by atoms with Crippen LogP contribution in [-0.2, 0) is 39.6 Å². The molecule has 0 unspecified atom stereocenters. The first-order valence-electron chi connectivity index (χ1n) is 7.06. The zero-order valence-corrected chi connectivity index (χ0v) is 18.2. The molecule has 0 saturated carbocycles. The number of methoxy groups -OCH3 is 1. The SMILES string of the molecule is COC(=O)C(N(C(=S)OC(C)C)S(=O)(=O)O)N(C(=S)OC(C)C)S(=O)(=O)O. The van der Waals surface area contributed by atoms with E-state index < -0.39 is 55.3 Å². The second-order valence-corrected chi connectivity index (χ2v) is 8.59. The number of carbonyl (C=O) groups is 1. The van der Waals surface area contributed by atoms with E-state index in [0.29, 0.717) is 0 Å². The molecule has 0 fully saturated rings. The Morgan fingerprint density at radius 2 is 1.15 bits per heavy atom. The van der Waals surface area contributed by atoms with Gasteiger partial charge in [0.15, 0.2) is 0 Å². The summed E-state index contributed by atoms with van der Waals surface area (Å²) < 4.78 is 79.9. The molecule has 158 valence electrons. The predicted molar refractivity (Wildman–Crippen MR) is 100 cm³/mol. The van der Waals surface area contributed by atoms with Gasteiger partial charge in [-0.15, -0.1) is 0 Å². The second-order valence-electron chi connectivity index (χ2n) is 5.31. The van der Waals surface area contributed by atoms with Crippen molar-refractivity contribution in [2.24, 2.45) is 0 Å². The minimum Gasteiger partial charge on any atom is -0.467 e. The summed E-state index contributed by atoms with van der Waals surface area (Å²) in [5.74, 6) is -1.57. The maximum atomic E-state index is 12.2. The third-order valence-electron chi connectivity index (χ3n) is 2.39. The molecule has 27 heavy (non-hydrogen) atoms. The van der Waals surface area contributed by atoms with Crippen LogP contribution in [0.3, 0.4) is 0 Å². The Morgan fingerprint density at radius 3 is 1.33 bits per heavy atom. The second kappa shape index (κ2) is 9.74. The van der Waals surface area contributed by atoms with Crippen molar-refractivity contribution < 1.29 is 44.9 Å². The molecule has 0 aliphatic carbocycles. The van der Waals surface area contributed by atoms with Gasteiger partial charge in [-0.3, -0.25) is 9.11 Å². The van der Waals surface area contributed by atoms with Gasteiger partial charge in [-0.2, -0.15) is 25.4 Å². The van der Waals surface area contributed by atoms with E-state index >= 15 is 0 Å². The van der Waals surface area contributed by atoms with Crippen LogP contribution in [0.1, 0.15) is 27.7 Å². The Morgan fingerprint density at radius 1 is 0.852 bits per heavy atom. The fraction of sp³-hybridized carbons (Fsp3) is 0.727. The third kappa shape index (κ3) is 7.67. The van der Waals surface area contributed by atoms with E-state index in [0.717, 1.165) is 7.11 Å². The number of rotatable bonds is 7. The lowest BCUT2D eigenvalue weighted by Crippen LogP contribution is -2.61. The Hall–Kier alpha value is -1.33. The van der Waals surface area contributed by atoms with Crippen LogP contribution in [0.5, 0.6) is 0 Å². The highest BCUT2D eigenvalue weighted by Gasteiger charge is 2.48. The van der Waals surface area contributed by atoms with Crippen LogP contribution < -0.4 is 0 Å². The Kier molecular flexibility index (Phi) is 9.26. The number of hydrogen-bond acceptors (Lipinski definition) is 10. The van der Waals surface area contributed by atoms with Crippen molar-refractivity contribution in [2.45, 2.75) is 46.1 Å². The van der Waals surface area contributed by atoms with Gasteiger partial charge >= 0.3 is 26.6 Å². The van der Waals surface area contributed by atoms with Gasteiger partial charge in [-0.05, 0) is 52.1 Å². The Balaban J connectivity index is 6.64. The van der Waals surface area contributed by atoms with Gasteiger partial charge in [-0.1, -0.05) is 0 Å². The maximum Gasteiger partial charge on any atom is 0.365 e. The molecule has 12 nitrogen and oxygen atoms in total. The third-order valence-corrected chi connectivity index (χ3v) is 4.93. The lowest BCUT2D eigenvalue weighted by atomic mass is 10.4. The van der Waals surface area contributed by atoms with Crippen LogP contribution in [-0.4, -0.2) is 76.4 Å². The van der Waals surface area contributed by atoms with Crippen molar-refractivity contribution in [3.05, 3.63) is 0 Å². The lowest BCUT2D eigenvalue weighted by Gasteiger charge is -2.35. The van der Waals surface area contributed by atoms with E-state index in [1.165, 1.54) is 27.7 Å². The molecular weight excluding hydrogens is 448 g/mol. The van der Waals surface area contributed by atoms with Gasteiger partial charge in [0.05, 0.1) is 19.3 Å². The molecule has 0 atom stereocenters. The number of nitrogens with zero attached hydrogens (tertiary/aromatic N) is 2. The first-order valence-corrected chi connectivity index (χ1v) is 10.7. The van der Waals surface area contributed by atoms with Gasteiger partial charge < -0.3 is 14.2 Å². The molecule has 0 amide bonds. The summed E-state index contributed by atoms with van der Waals surface area (Å²) in [6.45, 7) is 5.76. The van der Waals surface area contributed by atoms with E-state index in [1.54, 1.807) is 0 Å². The minimum atomic E-state index is -5.40. The molecule has 0 aromatic rings. The molecule has 0 heterocycles. The van der Waals surface area contributed by atoms with Crippen LogP contribution in [0.2, 0.25) is 0 Å². The van der Waals surface area contributed by atoms with Crippen molar-refractivity contribution >= 4 is 61.4 Å². The smallest absolute Gasteiger partial charge is 0.365 e. The molecule has 0 bridgehead atoms. The lowest BCUT2D eigenvalue weighted by molar-refractivity contribution is -0.147. The Labute approximate surface area is 168 Å². The summed E-state index contributed by atoms with van der Waals surface area (Å²) in [6.07, 6.45) is -4.06. The van der Waals surface area contributed by atoms with E-state index in [2.05, 4.69) is 4.74 Å². The zero-order valence-electron chi connectivity index (χ0n) is 14.9. The number of carbonyl (C=O) groups excluding carboxylic acids is 1. The van der Waals surface area contributed by atoms with Gasteiger partial charge in [0.25, 0.3) is 10.3 Å². The molecule has 0 aliphatic heterocycles. The quantitative estimate of drug-likeness (QED) is 0.225. The number of thiocarbonyl (C=S) groups is 2. The molecule has 0 saturated heterocycles. The largest absolute Gasteiger partial charge is 0.467 e. The van der Waals surface area contributed by atoms with Gasteiger partial charge in [0.2, 0.25) is 6.17 Å². The first-order chi connectivity index (χ1) is 12.0. The van der Waals surface area contributed by atoms with Crippen molar-refractivity contribution in [3.63, 3.8) is 0 Å². The summed E-state index contributed by atoms with van der Waals surface area (Å²) in [7, 11) is -10.0. The molecule has 0 aromatic carbocycles. The van der Waals surface area contributed by atoms with Gasteiger partial charge in [-0.25, -0.2) is 4.79 Å². The monoisotopic (exact) mass is 468 g/mol. The highest BCUT2D eigenvalue weighted by Crippen LogP contribution is 2.20. The summed E-state index contributed by atoms with van der Waals surface area (Å²) in [5, 5.41) is -2.02. The highest BCUT2D eigenvalue weighted by atomic mass is 32.2. The average molecular weight is 469 g/mol. The summed E-state index contributed by atoms with van der Waals surface area (Å²) in [5.41, 5.74) is 0. The van der Waals surface area contributed by atoms with Crippen molar-refractivity contribution in [3.8, 4) is 0 Å². The fourth-order valence-electron chi connectivity index (χ4n) is 1.54. The summed E-state index contributed by atoms with van der Waals surface area (Å²) in [4.78, 5) is 12.2. The topological polar surface area (TPSA) is 160 Å². The van der Waals surface area contributed by atoms with E-state index in [1.807, 2.05) is 0 Å². The fourth-order valence-corrected chi connectivity index (χ4v) is 4.08. The van der Waals surface area contributed by atoms with Crippen LogP contribution in [0.4, 0.5) is 0 Å². The maximum absolute atomic E-state index is 12.2. The molecule has 0 spiro atoms. The van der Waals surface area contributed by atoms with Crippen LogP contribution in [0, 0.1) is 0 Å². The molecule has 16 heteroatoms. The van der Waals surface area contributed by atoms with Gasteiger partial charge in [0.1, 0.15) is 0 Å². The van der Waals surface area contributed by atoms with Crippen LogP contribution in [0.15, 0.2) is 0 Å². The van der Waals surface area contributed by atoms with Crippen molar-refractivity contribution in [2.75, 3.05) is 7.11 Å². The average Bonchev–Trinajstić information content (AvgIpc) is 2.40. The molecular formula is C11H20N2O10S4. The first kappa shape index (κ1) is 25.7. The van der Waals surface area contributed by atoms with E-state index in [-0.39, 0.29) is 8.61 Å². The van der Waals surface area contributed by atoms with Gasteiger partial charge in [0, 0.05) is 0 Å².